The number of carbonyl (C=O) groups is 2. The van der Waals surface area contributed by atoms with E-state index in [2.05, 4.69) is 24.5 Å². The van der Waals surface area contributed by atoms with E-state index in [-0.39, 0.29) is 23.4 Å². The van der Waals surface area contributed by atoms with Crippen LogP contribution >= 0.6 is 0 Å². The molecule has 126 valence electrons. The topological polar surface area (TPSA) is 67.4 Å². The van der Waals surface area contributed by atoms with Crippen LogP contribution in [0.3, 0.4) is 0 Å². The van der Waals surface area contributed by atoms with Crippen molar-refractivity contribution < 1.29 is 14.3 Å². The minimum Gasteiger partial charge on any atom is -0.444 e. The van der Waals surface area contributed by atoms with Crippen LogP contribution in [0.2, 0.25) is 0 Å². The Morgan fingerprint density at radius 2 is 1.64 bits per heavy atom. The lowest BCUT2D eigenvalue weighted by molar-refractivity contribution is -0.126. The molecular formula is C17H30N2O3. The van der Waals surface area contributed by atoms with Crippen LogP contribution in [0.5, 0.6) is 0 Å². The van der Waals surface area contributed by atoms with Gasteiger partial charge in [-0.1, -0.05) is 0 Å². The smallest absolute Gasteiger partial charge is 0.407 e. The molecule has 0 aromatic heterocycles. The third-order valence-electron chi connectivity index (χ3n) is 4.57. The van der Waals surface area contributed by atoms with Crippen LogP contribution in [-0.2, 0) is 9.53 Å². The van der Waals surface area contributed by atoms with Crippen LogP contribution in [0.25, 0.3) is 0 Å². The van der Waals surface area contributed by atoms with E-state index in [1.165, 1.54) is 12.8 Å². The molecule has 0 heterocycles. The van der Waals surface area contributed by atoms with Gasteiger partial charge in [0.25, 0.3) is 0 Å². The number of alkyl carbamates (subject to hydrolysis) is 1. The van der Waals surface area contributed by atoms with Gasteiger partial charge in [0, 0.05) is 17.5 Å². The Morgan fingerprint density at radius 3 is 2.18 bits per heavy atom. The SMILES string of the molecule is CC(C)(C)OC(=O)N[C@@H]1CC[C@@H](C(=O)NC(C)(C)C2CC2)C1. The lowest BCUT2D eigenvalue weighted by atomic mass is 9.96. The highest BCUT2D eigenvalue weighted by atomic mass is 16.6. The third-order valence-corrected chi connectivity index (χ3v) is 4.57. The van der Waals surface area contributed by atoms with Crippen molar-refractivity contribution in [3.8, 4) is 0 Å². The summed E-state index contributed by atoms with van der Waals surface area (Å²) in [6, 6.07) is 0.0367. The van der Waals surface area contributed by atoms with Crippen LogP contribution in [0, 0.1) is 11.8 Å². The Bertz CT molecular complexity index is 436. The van der Waals surface area contributed by atoms with Crippen molar-refractivity contribution in [3.63, 3.8) is 0 Å². The van der Waals surface area contributed by atoms with E-state index in [0.717, 1.165) is 12.8 Å². The molecule has 2 aliphatic rings. The number of carbonyl (C=O) groups excluding carboxylic acids is 2. The Kier molecular flexibility index (Phi) is 4.73. The number of nitrogens with one attached hydrogen (secondary N) is 2. The fraction of sp³-hybridized carbons (Fsp3) is 0.882. The van der Waals surface area contributed by atoms with Crippen molar-refractivity contribution in [1.82, 2.24) is 10.6 Å². The fourth-order valence-electron chi connectivity index (χ4n) is 3.15. The molecule has 2 aliphatic carbocycles. The molecule has 2 rings (SSSR count). The first-order valence-electron chi connectivity index (χ1n) is 8.38. The molecule has 2 saturated carbocycles. The quantitative estimate of drug-likeness (QED) is 0.839. The normalized spacial score (nSPS) is 25.7. The average Bonchev–Trinajstić information content (AvgIpc) is 3.08. The number of hydrogen-bond acceptors (Lipinski definition) is 3. The van der Waals surface area contributed by atoms with E-state index in [4.69, 9.17) is 4.74 Å². The number of amides is 2. The fourth-order valence-corrected chi connectivity index (χ4v) is 3.15. The second-order valence-corrected chi connectivity index (χ2v) is 8.34. The summed E-state index contributed by atoms with van der Waals surface area (Å²) in [4.78, 5) is 24.2. The molecule has 2 amide bonds. The maximum atomic E-state index is 12.4. The van der Waals surface area contributed by atoms with Gasteiger partial charge in [-0.2, -0.15) is 0 Å². The number of hydrogen-bond donors (Lipinski definition) is 2. The van der Waals surface area contributed by atoms with Crippen molar-refractivity contribution >= 4 is 12.0 Å². The zero-order valence-corrected chi connectivity index (χ0v) is 14.5. The summed E-state index contributed by atoms with van der Waals surface area (Å²) in [6.07, 6.45) is 4.39. The summed E-state index contributed by atoms with van der Waals surface area (Å²) in [5.41, 5.74) is -0.596. The second kappa shape index (κ2) is 6.09. The molecule has 0 bridgehead atoms. The molecule has 0 radical (unpaired) electrons. The zero-order chi connectivity index (χ0) is 16.5. The Balaban J connectivity index is 1.77. The van der Waals surface area contributed by atoms with Gasteiger partial charge >= 0.3 is 6.09 Å². The zero-order valence-electron chi connectivity index (χ0n) is 14.5. The lowest BCUT2D eigenvalue weighted by Crippen LogP contribution is -2.47. The first-order valence-corrected chi connectivity index (χ1v) is 8.38. The van der Waals surface area contributed by atoms with Gasteiger partial charge in [-0.3, -0.25) is 4.79 Å². The Hall–Kier alpha value is -1.26. The Labute approximate surface area is 133 Å². The predicted octanol–water partition coefficient (Wildman–Crippen LogP) is 2.98. The predicted molar refractivity (Wildman–Crippen MR) is 85.4 cm³/mol. The van der Waals surface area contributed by atoms with Gasteiger partial charge in [0.05, 0.1) is 0 Å². The minimum absolute atomic E-state index is 0.00189. The van der Waals surface area contributed by atoms with Gasteiger partial charge in [0.15, 0.2) is 0 Å². The summed E-state index contributed by atoms with van der Waals surface area (Å²) < 4.78 is 5.27. The van der Waals surface area contributed by atoms with E-state index < -0.39 is 11.7 Å². The van der Waals surface area contributed by atoms with Crippen molar-refractivity contribution in [2.75, 3.05) is 0 Å². The monoisotopic (exact) mass is 310 g/mol. The van der Waals surface area contributed by atoms with Crippen LogP contribution in [0.4, 0.5) is 4.79 Å². The average molecular weight is 310 g/mol. The first-order chi connectivity index (χ1) is 10.1. The van der Waals surface area contributed by atoms with Gasteiger partial charge in [0.1, 0.15) is 5.60 Å². The third kappa shape index (κ3) is 4.89. The van der Waals surface area contributed by atoms with Gasteiger partial charge in [-0.15, -0.1) is 0 Å². The molecule has 0 unspecified atom stereocenters. The molecule has 22 heavy (non-hydrogen) atoms. The van der Waals surface area contributed by atoms with Gasteiger partial charge in [0.2, 0.25) is 5.91 Å². The Morgan fingerprint density at radius 1 is 1.00 bits per heavy atom. The largest absolute Gasteiger partial charge is 0.444 e. The lowest BCUT2D eigenvalue weighted by Gasteiger charge is -2.28. The second-order valence-electron chi connectivity index (χ2n) is 8.34. The maximum Gasteiger partial charge on any atom is 0.407 e. The molecule has 0 aliphatic heterocycles. The molecule has 2 N–H and O–H groups in total. The van der Waals surface area contributed by atoms with Gasteiger partial charge in [-0.05, 0) is 72.6 Å². The van der Waals surface area contributed by atoms with E-state index >= 15 is 0 Å². The van der Waals surface area contributed by atoms with Crippen LogP contribution in [-0.4, -0.2) is 29.2 Å². The van der Waals surface area contributed by atoms with Crippen LogP contribution in [0.15, 0.2) is 0 Å². The van der Waals surface area contributed by atoms with Crippen molar-refractivity contribution in [2.45, 2.75) is 83.9 Å². The summed E-state index contributed by atoms with van der Waals surface area (Å²) in [6.45, 7) is 9.74. The minimum atomic E-state index is -0.492. The highest BCUT2D eigenvalue weighted by molar-refractivity contribution is 5.80. The summed E-state index contributed by atoms with van der Waals surface area (Å²) >= 11 is 0. The van der Waals surface area contributed by atoms with Crippen molar-refractivity contribution in [2.24, 2.45) is 11.8 Å². The van der Waals surface area contributed by atoms with Crippen molar-refractivity contribution in [3.05, 3.63) is 0 Å². The summed E-state index contributed by atoms with van der Waals surface area (Å²) in [5.74, 6) is 0.747. The summed E-state index contributed by atoms with van der Waals surface area (Å²) in [7, 11) is 0. The van der Waals surface area contributed by atoms with Crippen LogP contribution < -0.4 is 10.6 Å². The maximum absolute atomic E-state index is 12.4. The van der Waals surface area contributed by atoms with Gasteiger partial charge < -0.3 is 15.4 Å². The van der Waals surface area contributed by atoms with Crippen LogP contribution in [0.1, 0.15) is 66.7 Å². The van der Waals surface area contributed by atoms with E-state index in [1.54, 1.807) is 0 Å². The van der Waals surface area contributed by atoms with E-state index in [9.17, 15) is 9.59 Å². The van der Waals surface area contributed by atoms with Crippen molar-refractivity contribution in [1.29, 1.82) is 0 Å². The summed E-state index contributed by atoms with van der Waals surface area (Å²) in [5, 5.41) is 6.07. The number of rotatable bonds is 4. The van der Waals surface area contributed by atoms with Gasteiger partial charge in [-0.25, -0.2) is 4.79 Å². The molecule has 0 saturated heterocycles. The molecule has 2 atom stereocenters. The highest BCUT2D eigenvalue weighted by Crippen LogP contribution is 2.39. The first kappa shape index (κ1) is 17.1. The van der Waals surface area contributed by atoms with E-state index in [1.807, 2.05) is 20.8 Å². The molecule has 5 nitrogen and oxygen atoms in total. The highest BCUT2D eigenvalue weighted by Gasteiger charge is 2.41. The van der Waals surface area contributed by atoms with E-state index in [0.29, 0.717) is 12.3 Å². The molecule has 0 spiro atoms. The molecule has 2 fully saturated rings. The molecule has 0 aromatic carbocycles. The molecule has 5 heteroatoms. The molecule has 0 aromatic rings. The number of ether oxygens (including phenoxy) is 1. The standard InChI is InChI=1S/C17H30N2O3/c1-16(2,3)22-15(21)18-13-9-6-11(10-13)14(20)19-17(4,5)12-7-8-12/h11-13H,6-10H2,1-5H3,(H,18,21)(H,19,20)/t11-,13-/m1/s1. The molecular weight excluding hydrogens is 280 g/mol.